The highest BCUT2D eigenvalue weighted by Gasteiger charge is 2.23. The minimum atomic E-state index is -0.577. The Kier molecular flexibility index (Phi) is 6.64. The van der Waals surface area contributed by atoms with Crippen LogP contribution >= 0.6 is 11.9 Å². The number of rotatable bonds is 4. The van der Waals surface area contributed by atoms with E-state index in [0.29, 0.717) is 13.1 Å². The summed E-state index contributed by atoms with van der Waals surface area (Å²) < 4.78 is 7.44. The van der Waals surface area contributed by atoms with Gasteiger partial charge >= 0.3 is 6.09 Å². The Bertz CT molecular complexity index is 889. The zero-order valence-electron chi connectivity index (χ0n) is 17.4. The highest BCUT2D eigenvalue weighted by molar-refractivity contribution is 7.97. The normalized spacial score (nSPS) is 15.4. The van der Waals surface area contributed by atoms with E-state index in [-0.39, 0.29) is 12.5 Å². The fourth-order valence-electron chi connectivity index (χ4n) is 3.15. The molecule has 2 amide bonds. The largest absolute Gasteiger partial charge is 0.444 e. The van der Waals surface area contributed by atoms with Gasteiger partial charge in [-0.2, -0.15) is 0 Å². The summed E-state index contributed by atoms with van der Waals surface area (Å²) in [5.41, 5.74) is 0.449. The van der Waals surface area contributed by atoms with Gasteiger partial charge in [0.05, 0.1) is 0 Å². The van der Waals surface area contributed by atoms with E-state index in [4.69, 9.17) is 4.74 Å². The van der Waals surface area contributed by atoms with Gasteiger partial charge in [-0.05, 0) is 57.2 Å². The number of benzene rings is 1. The van der Waals surface area contributed by atoms with Crippen LogP contribution in [0.5, 0.6) is 0 Å². The molecule has 2 aromatic rings. The molecule has 1 fully saturated rings. The number of hydrogen-bond donors (Lipinski definition) is 1. The van der Waals surface area contributed by atoms with Crippen LogP contribution in [-0.4, -0.2) is 64.5 Å². The lowest BCUT2D eigenvalue weighted by Crippen LogP contribution is -2.49. The Hall–Kier alpha value is -2.32. The van der Waals surface area contributed by atoms with E-state index < -0.39 is 11.7 Å². The van der Waals surface area contributed by atoms with Crippen molar-refractivity contribution < 1.29 is 14.3 Å². The Morgan fingerprint density at radius 3 is 2.55 bits per heavy atom. The van der Waals surface area contributed by atoms with Crippen molar-refractivity contribution in [2.45, 2.75) is 38.2 Å². The van der Waals surface area contributed by atoms with Crippen molar-refractivity contribution in [1.82, 2.24) is 19.5 Å². The van der Waals surface area contributed by atoms with Crippen LogP contribution in [0.2, 0.25) is 0 Å². The molecule has 1 aliphatic heterocycles. The molecule has 0 unspecified atom stereocenters. The molecule has 0 saturated carbocycles. The molecule has 8 heteroatoms. The van der Waals surface area contributed by atoms with E-state index in [1.165, 1.54) is 15.7 Å². The number of pyridine rings is 1. The summed E-state index contributed by atoms with van der Waals surface area (Å²) in [6.07, 6.45) is 1.27. The maximum absolute atomic E-state index is 12.4. The number of aromatic nitrogens is 1. The fraction of sp³-hybridized carbons (Fsp3) is 0.476. The first kappa shape index (κ1) is 21.4. The third kappa shape index (κ3) is 5.83. The zero-order valence-corrected chi connectivity index (χ0v) is 18.2. The predicted octanol–water partition coefficient (Wildman–Crippen LogP) is 3.22. The van der Waals surface area contributed by atoms with Gasteiger partial charge in [0, 0.05) is 48.4 Å². The molecule has 7 nitrogen and oxygen atoms in total. The maximum atomic E-state index is 12.4. The molecule has 0 aliphatic carbocycles. The predicted molar refractivity (Wildman–Crippen MR) is 115 cm³/mol. The monoisotopic (exact) mass is 416 g/mol. The molecule has 156 valence electrons. The number of piperazine rings is 1. The SMILES string of the molecule is Cc1nccc2c(SN3CCN(C(=O)CNC(=O)OC(C)(C)C)CC3)cccc12. The van der Waals surface area contributed by atoms with E-state index in [1.807, 2.05) is 19.2 Å². The number of fused-ring (bicyclic) bond motifs is 1. The molecule has 1 aromatic carbocycles. The molecule has 1 saturated heterocycles. The van der Waals surface area contributed by atoms with Gasteiger partial charge in [-0.3, -0.25) is 9.78 Å². The van der Waals surface area contributed by atoms with Crippen molar-refractivity contribution in [2.75, 3.05) is 32.7 Å². The number of alkyl carbamates (subject to hydrolysis) is 1. The molecule has 1 aliphatic rings. The number of carbonyl (C=O) groups excluding carboxylic acids is 2. The first-order chi connectivity index (χ1) is 13.7. The van der Waals surface area contributed by atoms with Crippen molar-refractivity contribution in [2.24, 2.45) is 0 Å². The van der Waals surface area contributed by atoms with Crippen LogP contribution in [0.3, 0.4) is 0 Å². The Morgan fingerprint density at radius 1 is 1.14 bits per heavy atom. The second-order valence-electron chi connectivity index (χ2n) is 8.00. The summed E-state index contributed by atoms with van der Waals surface area (Å²) in [6, 6.07) is 8.32. The standard InChI is InChI=1S/C21H28N4O3S/c1-15-16-6-5-7-18(17(16)8-9-22-15)29-25-12-10-24(11-13-25)19(26)14-23-20(27)28-21(2,3)4/h5-9H,10-14H2,1-4H3,(H,23,27). The van der Waals surface area contributed by atoms with Crippen molar-refractivity contribution in [3.8, 4) is 0 Å². The molecule has 0 bridgehead atoms. The highest BCUT2D eigenvalue weighted by Crippen LogP contribution is 2.31. The van der Waals surface area contributed by atoms with Crippen LogP contribution in [0, 0.1) is 6.92 Å². The first-order valence-electron chi connectivity index (χ1n) is 9.75. The first-order valence-corrected chi connectivity index (χ1v) is 10.5. The van der Waals surface area contributed by atoms with Crippen LogP contribution in [-0.2, 0) is 9.53 Å². The topological polar surface area (TPSA) is 74.8 Å². The summed E-state index contributed by atoms with van der Waals surface area (Å²) in [4.78, 5) is 31.4. The number of carbonyl (C=O) groups is 2. The number of aryl methyl sites for hydroxylation is 1. The van der Waals surface area contributed by atoms with Crippen LogP contribution in [0.4, 0.5) is 4.79 Å². The van der Waals surface area contributed by atoms with Gasteiger partial charge in [-0.15, -0.1) is 0 Å². The number of amides is 2. The highest BCUT2D eigenvalue weighted by atomic mass is 32.2. The molecule has 3 rings (SSSR count). The summed E-state index contributed by atoms with van der Waals surface area (Å²) in [5.74, 6) is -0.0904. The summed E-state index contributed by atoms with van der Waals surface area (Å²) in [5, 5.41) is 4.90. The summed E-state index contributed by atoms with van der Waals surface area (Å²) in [6.45, 7) is 10.1. The van der Waals surface area contributed by atoms with Crippen LogP contribution < -0.4 is 5.32 Å². The molecule has 2 heterocycles. The van der Waals surface area contributed by atoms with Gasteiger partial charge in [0.2, 0.25) is 5.91 Å². The van der Waals surface area contributed by atoms with Gasteiger partial charge in [0.15, 0.2) is 0 Å². The van der Waals surface area contributed by atoms with E-state index in [1.54, 1.807) is 37.6 Å². The Labute approximate surface area is 175 Å². The average molecular weight is 417 g/mol. The third-order valence-electron chi connectivity index (χ3n) is 4.57. The molecule has 1 aromatic heterocycles. The van der Waals surface area contributed by atoms with Gasteiger partial charge in [0.25, 0.3) is 0 Å². The molecule has 29 heavy (non-hydrogen) atoms. The molecule has 0 spiro atoms. The van der Waals surface area contributed by atoms with Gasteiger partial charge in [-0.1, -0.05) is 12.1 Å². The van der Waals surface area contributed by atoms with E-state index in [0.717, 1.165) is 18.8 Å². The van der Waals surface area contributed by atoms with Crippen LogP contribution in [0.25, 0.3) is 10.8 Å². The Morgan fingerprint density at radius 2 is 1.86 bits per heavy atom. The second kappa shape index (κ2) is 9.00. The van der Waals surface area contributed by atoms with Crippen molar-refractivity contribution >= 4 is 34.7 Å². The van der Waals surface area contributed by atoms with E-state index >= 15 is 0 Å². The average Bonchev–Trinajstić information content (AvgIpc) is 2.66. The number of nitrogens with zero attached hydrogens (tertiary/aromatic N) is 3. The lowest BCUT2D eigenvalue weighted by Gasteiger charge is -2.34. The smallest absolute Gasteiger partial charge is 0.408 e. The van der Waals surface area contributed by atoms with E-state index in [2.05, 4.69) is 32.8 Å². The van der Waals surface area contributed by atoms with Crippen LogP contribution in [0.15, 0.2) is 35.4 Å². The molecule has 0 radical (unpaired) electrons. The molecular weight excluding hydrogens is 388 g/mol. The van der Waals surface area contributed by atoms with Crippen molar-refractivity contribution in [3.63, 3.8) is 0 Å². The second-order valence-corrected chi connectivity index (χ2v) is 9.14. The molecular formula is C21H28N4O3S. The number of nitrogens with one attached hydrogen (secondary N) is 1. The lowest BCUT2D eigenvalue weighted by atomic mass is 10.1. The van der Waals surface area contributed by atoms with E-state index in [9.17, 15) is 9.59 Å². The molecule has 1 N–H and O–H groups in total. The van der Waals surface area contributed by atoms with Crippen LogP contribution in [0.1, 0.15) is 26.5 Å². The quantitative estimate of drug-likeness (QED) is 0.772. The fourth-order valence-corrected chi connectivity index (χ4v) is 4.19. The molecule has 0 atom stereocenters. The number of hydrogen-bond acceptors (Lipinski definition) is 6. The third-order valence-corrected chi connectivity index (χ3v) is 5.74. The van der Waals surface area contributed by atoms with Crippen molar-refractivity contribution in [1.29, 1.82) is 0 Å². The minimum Gasteiger partial charge on any atom is -0.444 e. The summed E-state index contributed by atoms with van der Waals surface area (Å²) >= 11 is 1.72. The van der Waals surface area contributed by atoms with Gasteiger partial charge in [-0.25, -0.2) is 9.10 Å². The zero-order chi connectivity index (χ0) is 21.0. The lowest BCUT2D eigenvalue weighted by molar-refractivity contribution is -0.131. The summed E-state index contributed by atoms with van der Waals surface area (Å²) in [7, 11) is 0. The Balaban J connectivity index is 1.50. The van der Waals surface area contributed by atoms with Gasteiger partial charge < -0.3 is 15.0 Å². The number of ether oxygens (including phenoxy) is 1. The van der Waals surface area contributed by atoms with Crippen molar-refractivity contribution in [3.05, 3.63) is 36.2 Å². The van der Waals surface area contributed by atoms with Gasteiger partial charge in [0.1, 0.15) is 12.1 Å². The minimum absolute atomic E-state index is 0.0440. The maximum Gasteiger partial charge on any atom is 0.408 e.